The zero-order valence-corrected chi connectivity index (χ0v) is 13.2. The van der Waals surface area contributed by atoms with Gasteiger partial charge in [0.05, 0.1) is 0 Å². The molecule has 0 aromatic carbocycles. The molecular formula is C15H28N4. The van der Waals surface area contributed by atoms with Crippen LogP contribution in [0.5, 0.6) is 0 Å². The average molecular weight is 264 g/mol. The molecule has 0 fully saturated rings. The third-order valence-corrected chi connectivity index (χ3v) is 3.49. The molecule has 0 amide bonds. The Morgan fingerprint density at radius 2 is 1.84 bits per heavy atom. The number of aryl methyl sites for hydroxylation is 1. The van der Waals surface area contributed by atoms with E-state index in [9.17, 15) is 0 Å². The molecule has 19 heavy (non-hydrogen) atoms. The molecule has 1 heterocycles. The van der Waals surface area contributed by atoms with Crippen LogP contribution < -0.4 is 10.6 Å². The van der Waals surface area contributed by atoms with Crippen LogP contribution in [-0.2, 0) is 6.42 Å². The van der Waals surface area contributed by atoms with Crippen LogP contribution >= 0.6 is 0 Å². The van der Waals surface area contributed by atoms with Gasteiger partial charge in [-0.05, 0) is 32.6 Å². The molecule has 2 N–H and O–H groups in total. The maximum atomic E-state index is 6.01. The maximum absolute atomic E-state index is 6.01. The predicted molar refractivity (Wildman–Crippen MR) is 82.5 cm³/mol. The Labute approximate surface area is 117 Å². The van der Waals surface area contributed by atoms with Gasteiger partial charge in [0.15, 0.2) is 0 Å². The minimum Gasteiger partial charge on any atom is -0.383 e. The monoisotopic (exact) mass is 264 g/mol. The SMILES string of the molecule is CCCc1nc(N)c(C)c(N(C)C(C)CC(C)C)n1. The van der Waals surface area contributed by atoms with Crippen LogP contribution in [0, 0.1) is 12.8 Å². The molecule has 1 atom stereocenters. The highest BCUT2D eigenvalue weighted by Gasteiger charge is 2.17. The number of hydrogen-bond donors (Lipinski definition) is 1. The summed E-state index contributed by atoms with van der Waals surface area (Å²) >= 11 is 0. The minimum absolute atomic E-state index is 0.447. The molecule has 1 unspecified atom stereocenters. The van der Waals surface area contributed by atoms with Gasteiger partial charge < -0.3 is 10.6 Å². The Kier molecular flexibility index (Phi) is 5.58. The predicted octanol–water partition coefficient (Wildman–Crippen LogP) is 3.19. The molecule has 4 nitrogen and oxygen atoms in total. The molecule has 0 saturated heterocycles. The van der Waals surface area contributed by atoms with Crippen LogP contribution in [-0.4, -0.2) is 23.1 Å². The zero-order valence-electron chi connectivity index (χ0n) is 13.2. The van der Waals surface area contributed by atoms with Gasteiger partial charge >= 0.3 is 0 Å². The molecule has 1 rings (SSSR count). The van der Waals surface area contributed by atoms with Crippen molar-refractivity contribution < 1.29 is 0 Å². The van der Waals surface area contributed by atoms with Gasteiger partial charge in [-0.15, -0.1) is 0 Å². The van der Waals surface area contributed by atoms with Crippen molar-refractivity contribution in [1.29, 1.82) is 0 Å². The number of nitrogens with two attached hydrogens (primary N) is 1. The van der Waals surface area contributed by atoms with Crippen molar-refractivity contribution in [3.63, 3.8) is 0 Å². The molecule has 4 heteroatoms. The summed E-state index contributed by atoms with van der Waals surface area (Å²) < 4.78 is 0. The van der Waals surface area contributed by atoms with Gasteiger partial charge in [-0.25, -0.2) is 9.97 Å². The normalized spacial score (nSPS) is 12.8. The fraction of sp³-hybridized carbons (Fsp3) is 0.733. The standard InChI is InChI=1S/C15H28N4/c1-7-8-13-17-14(16)12(5)15(18-13)19(6)11(4)9-10(2)3/h10-11H,7-9H2,1-6H3,(H2,16,17,18). The first kappa shape index (κ1) is 15.7. The molecule has 0 saturated carbocycles. The lowest BCUT2D eigenvalue weighted by Crippen LogP contribution is -2.32. The van der Waals surface area contributed by atoms with Gasteiger partial charge in [-0.2, -0.15) is 0 Å². The molecular weight excluding hydrogens is 236 g/mol. The third-order valence-electron chi connectivity index (χ3n) is 3.49. The highest BCUT2D eigenvalue weighted by molar-refractivity contribution is 5.56. The summed E-state index contributed by atoms with van der Waals surface area (Å²) in [5.74, 6) is 3.11. The topological polar surface area (TPSA) is 55.0 Å². The van der Waals surface area contributed by atoms with E-state index >= 15 is 0 Å². The van der Waals surface area contributed by atoms with Gasteiger partial charge in [0.2, 0.25) is 0 Å². The molecule has 0 spiro atoms. The summed E-state index contributed by atoms with van der Waals surface area (Å²) in [5.41, 5.74) is 7.00. The minimum atomic E-state index is 0.447. The smallest absolute Gasteiger partial charge is 0.137 e. The highest BCUT2D eigenvalue weighted by atomic mass is 15.2. The Morgan fingerprint density at radius 1 is 1.21 bits per heavy atom. The molecule has 0 radical (unpaired) electrons. The fourth-order valence-electron chi connectivity index (χ4n) is 2.30. The molecule has 1 aromatic rings. The Hall–Kier alpha value is -1.32. The maximum Gasteiger partial charge on any atom is 0.137 e. The van der Waals surface area contributed by atoms with Crippen molar-refractivity contribution in [2.45, 2.75) is 59.9 Å². The quantitative estimate of drug-likeness (QED) is 0.857. The molecule has 108 valence electrons. The van der Waals surface area contributed by atoms with E-state index in [1.165, 1.54) is 0 Å². The van der Waals surface area contributed by atoms with E-state index in [0.29, 0.717) is 17.8 Å². The third kappa shape index (κ3) is 4.08. The van der Waals surface area contributed by atoms with Crippen molar-refractivity contribution in [2.75, 3.05) is 17.7 Å². The molecule has 0 aliphatic heterocycles. The van der Waals surface area contributed by atoms with Crippen LogP contribution in [0.3, 0.4) is 0 Å². The Morgan fingerprint density at radius 3 is 2.37 bits per heavy atom. The number of anilines is 2. The van der Waals surface area contributed by atoms with Crippen LogP contribution in [0.1, 0.15) is 51.9 Å². The molecule has 0 aliphatic carbocycles. The second-order valence-electron chi connectivity index (χ2n) is 5.81. The van der Waals surface area contributed by atoms with Crippen LogP contribution in [0.2, 0.25) is 0 Å². The summed E-state index contributed by atoms with van der Waals surface area (Å²) in [4.78, 5) is 11.3. The van der Waals surface area contributed by atoms with E-state index in [4.69, 9.17) is 5.73 Å². The van der Waals surface area contributed by atoms with Crippen molar-refractivity contribution >= 4 is 11.6 Å². The first-order valence-corrected chi connectivity index (χ1v) is 7.22. The van der Waals surface area contributed by atoms with Crippen molar-refractivity contribution in [3.05, 3.63) is 11.4 Å². The molecule has 1 aromatic heterocycles. The van der Waals surface area contributed by atoms with Gasteiger partial charge in [0.1, 0.15) is 17.5 Å². The van der Waals surface area contributed by atoms with Gasteiger partial charge in [0, 0.05) is 25.1 Å². The highest BCUT2D eigenvalue weighted by Crippen LogP contribution is 2.24. The van der Waals surface area contributed by atoms with Crippen LogP contribution in [0.15, 0.2) is 0 Å². The second kappa shape index (κ2) is 6.73. The van der Waals surface area contributed by atoms with Crippen molar-refractivity contribution in [1.82, 2.24) is 9.97 Å². The molecule has 0 bridgehead atoms. The Balaban J connectivity index is 3.03. The van der Waals surface area contributed by atoms with Gasteiger partial charge in [-0.3, -0.25) is 0 Å². The van der Waals surface area contributed by atoms with E-state index in [0.717, 1.165) is 36.5 Å². The van der Waals surface area contributed by atoms with Crippen molar-refractivity contribution in [3.8, 4) is 0 Å². The summed E-state index contributed by atoms with van der Waals surface area (Å²) in [6.45, 7) is 10.8. The van der Waals surface area contributed by atoms with Crippen LogP contribution in [0.25, 0.3) is 0 Å². The lowest BCUT2D eigenvalue weighted by molar-refractivity contribution is 0.501. The number of rotatable bonds is 6. The van der Waals surface area contributed by atoms with E-state index in [1.807, 2.05) is 6.92 Å². The van der Waals surface area contributed by atoms with Gasteiger partial charge in [0.25, 0.3) is 0 Å². The van der Waals surface area contributed by atoms with Gasteiger partial charge in [-0.1, -0.05) is 20.8 Å². The first-order chi connectivity index (χ1) is 8.86. The van der Waals surface area contributed by atoms with E-state index in [-0.39, 0.29) is 0 Å². The first-order valence-electron chi connectivity index (χ1n) is 7.22. The number of nitrogen functional groups attached to an aromatic ring is 1. The number of nitrogens with zero attached hydrogens (tertiary/aromatic N) is 3. The summed E-state index contributed by atoms with van der Waals surface area (Å²) in [6, 6.07) is 0.447. The second-order valence-corrected chi connectivity index (χ2v) is 5.81. The van der Waals surface area contributed by atoms with E-state index < -0.39 is 0 Å². The summed E-state index contributed by atoms with van der Waals surface area (Å²) in [5, 5.41) is 0. The Bertz CT molecular complexity index is 415. The average Bonchev–Trinajstić information content (AvgIpc) is 2.32. The lowest BCUT2D eigenvalue weighted by Gasteiger charge is -2.29. The summed E-state index contributed by atoms with van der Waals surface area (Å²) in [7, 11) is 2.09. The summed E-state index contributed by atoms with van der Waals surface area (Å²) in [6.07, 6.45) is 3.06. The lowest BCUT2D eigenvalue weighted by atomic mass is 10.0. The fourth-order valence-corrected chi connectivity index (χ4v) is 2.30. The van der Waals surface area contributed by atoms with E-state index in [1.54, 1.807) is 0 Å². The van der Waals surface area contributed by atoms with Crippen LogP contribution in [0.4, 0.5) is 11.6 Å². The largest absolute Gasteiger partial charge is 0.383 e. The number of aromatic nitrogens is 2. The number of hydrogen-bond acceptors (Lipinski definition) is 4. The van der Waals surface area contributed by atoms with Crippen molar-refractivity contribution in [2.24, 2.45) is 5.92 Å². The van der Waals surface area contributed by atoms with E-state index in [2.05, 4.69) is 49.6 Å². The zero-order chi connectivity index (χ0) is 14.6. The molecule has 0 aliphatic rings.